The molecule has 2 aromatic carbocycles. The van der Waals surface area contributed by atoms with E-state index in [1.807, 2.05) is 65.9 Å². The molecule has 37 heavy (non-hydrogen) atoms. The number of amides is 1. The van der Waals surface area contributed by atoms with Crippen molar-refractivity contribution >= 4 is 5.91 Å². The van der Waals surface area contributed by atoms with Crippen LogP contribution in [-0.4, -0.2) is 51.7 Å². The SMILES string of the molecule is Cc1cccc(C)c1OCc1ccc(C(=O)N2CCN(Cc3c(C)nn(-c4ccccc4)c3C)CC2)o1. The number of carbonyl (C=O) groups excluding carboxylic acids is 1. The summed E-state index contributed by atoms with van der Waals surface area (Å²) >= 11 is 0. The van der Waals surface area contributed by atoms with E-state index in [1.165, 1.54) is 5.56 Å². The molecule has 1 aliphatic rings. The number of rotatable bonds is 7. The third-order valence-corrected chi connectivity index (χ3v) is 7.12. The Morgan fingerprint density at radius 1 is 0.892 bits per heavy atom. The second kappa shape index (κ2) is 10.6. The maximum atomic E-state index is 13.1. The van der Waals surface area contributed by atoms with Gasteiger partial charge in [0.25, 0.3) is 5.91 Å². The molecule has 1 saturated heterocycles. The van der Waals surface area contributed by atoms with Gasteiger partial charge in [0.15, 0.2) is 5.76 Å². The number of hydrogen-bond acceptors (Lipinski definition) is 5. The summed E-state index contributed by atoms with van der Waals surface area (Å²) in [4.78, 5) is 17.4. The summed E-state index contributed by atoms with van der Waals surface area (Å²) < 4.78 is 13.9. The van der Waals surface area contributed by atoms with Gasteiger partial charge in [-0.1, -0.05) is 36.4 Å². The Bertz CT molecular complexity index is 1360. The van der Waals surface area contributed by atoms with Crippen molar-refractivity contribution < 1.29 is 13.9 Å². The van der Waals surface area contributed by atoms with Crippen molar-refractivity contribution in [3.05, 3.63) is 100 Å². The Morgan fingerprint density at radius 3 is 2.30 bits per heavy atom. The Morgan fingerprint density at radius 2 is 1.59 bits per heavy atom. The quantitative estimate of drug-likeness (QED) is 0.349. The molecule has 1 fully saturated rings. The lowest BCUT2D eigenvalue weighted by Gasteiger charge is -2.34. The zero-order valence-corrected chi connectivity index (χ0v) is 22.0. The van der Waals surface area contributed by atoms with E-state index >= 15 is 0 Å². The number of aromatic nitrogens is 2. The largest absolute Gasteiger partial charge is 0.485 e. The predicted octanol–water partition coefficient (Wildman–Crippen LogP) is 5.24. The Kier molecular flexibility index (Phi) is 7.15. The van der Waals surface area contributed by atoms with E-state index in [-0.39, 0.29) is 5.91 Å². The van der Waals surface area contributed by atoms with Gasteiger partial charge >= 0.3 is 0 Å². The average Bonchev–Trinajstić information content (AvgIpc) is 3.49. The van der Waals surface area contributed by atoms with Gasteiger partial charge in [-0.15, -0.1) is 0 Å². The number of piperazine rings is 1. The van der Waals surface area contributed by atoms with Gasteiger partial charge in [0.05, 0.1) is 11.4 Å². The van der Waals surface area contributed by atoms with Gasteiger partial charge in [0.1, 0.15) is 18.1 Å². The Hall–Kier alpha value is -3.84. The lowest BCUT2D eigenvalue weighted by molar-refractivity contribution is 0.0593. The van der Waals surface area contributed by atoms with E-state index in [1.54, 1.807) is 6.07 Å². The number of benzene rings is 2. The van der Waals surface area contributed by atoms with E-state index in [4.69, 9.17) is 14.3 Å². The van der Waals surface area contributed by atoms with Gasteiger partial charge < -0.3 is 14.1 Å². The molecule has 0 atom stereocenters. The number of ether oxygens (including phenoxy) is 1. The summed E-state index contributed by atoms with van der Waals surface area (Å²) in [6, 6.07) is 19.9. The van der Waals surface area contributed by atoms with Gasteiger partial charge in [-0.05, 0) is 63.1 Å². The fraction of sp³-hybridized carbons (Fsp3) is 0.333. The number of carbonyl (C=O) groups is 1. The van der Waals surface area contributed by atoms with Crippen LogP contribution in [0.5, 0.6) is 5.75 Å². The summed E-state index contributed by atoms with van der Waals surface area (Å²) in [6.45, 7) is 12.3. The monoisotopic (exact) mass is 498 g/mol. The maximum Gasteiger partial charge on any atom is 0.289 e. The molecule has 3 heterocycles. The molecule has 0 N–H and O–H groups in total. The minimum absolute atomic E-state index is 0.0674. The highest BCUT2D eigenvalue weighted by atomic mass is 16.5. The van der Waals surface area contributed by atoms with E-state index in [2.05, 4.69) is 30.9 Å². The highest BCUT2D eigenvalue weighted by Crippen LogP contribution is 2.24. The summed E-state index contributed by atoms with van der Waals surface area (Å²) in [6.07, 6.45) is 0. The molecule has 7 nitrogen and oxygen atoms in total. The molecule has 4 aromatic rings. The minimum atomic E-state index is -0.0674. The van der Waals surface area contributed by atoms with Crippen LogP contribution < -0.4 is 4.74 Å². The van der Waals surface area contributed by atoms with Crippen molar-refractivity contribution in [1.29, 1.82) is 0 Å². The summed E-state index contributed by atoms with van der Waals surface area (Å²) in [5.41, 5.74) is 6.70. The minimum Gasteiger partial charge on any atom is -0.485 e. The zero-order chi connectivity index (χ0) is 25.9. The van der Waals surface area contributed by atoms with E-state index in [9.17, 15) is 4.79 Å². The fourth-order valence-electron chi connectivity index (χ4n) is 4.95. The first-order valence-corrected chi connectivity index (χ1v) is 12.8. The van der Waals surface area contributed by atoms with Crippen LogP contribution in [0.3, 0.4) is 0 Å². The first-order valence-electron chi connectivity index (χ1n) is 12.8. The molecule has 0 aliphatic carbocycles. The summed E-state index contributed by atoms with van der Waals surface area (Å²) in [5, 5.41) is 4.78. The van der Waals surface area contributed by atoms with Crippen LogP contribution in [0.25, 0.3) is 5.69 Å². The molecule has 1 amide bonds. The van der Waals surface area contributed by atoms with Crippen LogP contribution in [0, 0.1) is 27.7 Å². The van der Waals surface area contributed by atoms with Crippen LogP contribution in [-0.2, 0) is 13.2 Å². The standard InChI is InChI=1S/C30H34N4O3/c1-21-9-8-10-22(2)29(21)36-20-26-13-14-28(37-26)30(35)33-17-15-32(16-18-33)19-27-23(3)31-34(24(27)4)25-11-6-5-7-12-25/h5-14H,15-20H2,1-4H3. The first-order chi connectivity index (χ1) is 17.9. The predicted molar refractivity (Wildman–Crippen MR) is 143 cm³/mol. The van der Waals surface area contributed by atoms with E-state index in [0.29, 0.717) is 31.2 Å². The number of para-hydroxylation sites is 2. The lowest BCUT2D eigenvalue weighted by Crippen LogP contribution is -2.48. The van der Waals surface area contributed by atoms with Crippen LogP contribution in [0.4, 0.5) is 0 Å². The van der Waals surface area contributed by atoms with Crippen molar-refractivity contribution in [1.82, 2.24) is 19.6 Å². The number of furan rings is 1. The third-order valence-electron chi connectivity index (χ3n) is 7.12. The van der Waals surface area contributed by atoms with Crippen LogP contribution in [0.15, 0.2) is 65.1 Å². The van der Waals surface area contributed by atoms with Crippen molar-refractivity contribution in [3.8, 4) is 11.4 Å². The molecule has 2 aromatic heterocycles. The molecule has 0 unspecified atom stereocenters. The number of nitrogens with zero attached hydrogens (tertiary/aromatic N) is 4. The molecule has 1 aliphatic heterocycles. The summed E-state index contributed by atoms with van der Waals surface area (Å²) in [7, 11) is 0. The number of hydrogen-bond donors (Lipinski definition) is 0. The smallest absolute Gasteiger partial charge is 0.289 e. The molecule has 0 radical (unpaired) electrons. The molecule has 0 spiro atoms. The second-order valence-corrected chi connectivity index (χ2v) is 9.74. The fourth-order valence-corrected chi connectivity index (χ4v) is 4.95. The Labute approximate surface area is 218 Å². The van der Waals surface area contributed by atoms with Gasteiger partial charge in [0.2, 0.25) is 0 Å². The molecule has 0 bridgehead atoms. The zero-order valence-electron chi connectivity index (χ0n) is 22.0. The molecule has 7 heteroatoms. The normalized spacial score (nSPS) is 14.2. The maximum absolute atomic E-state index is 13.1. The first kappa shape index (κ1) is 24.8. The van der Waals surface area contributed by atoms with Crippen LogP contribution in [0.1, 0.15) is 44.4 Å². The number of aryl methyl sites for hydroxylation is 3. The second-order valence-electron chi connectivity index (χ2n) is 9.74. The van der Waals surface area contributed by atoms with Crippen LogP contribution >= 0.6 is 0 Å². The van der Waals surface area contributed by atoms with Gasteiger partial charge in [-0.25, -0.2) is 4.68 Å². The molecule has 192 valence electrons. The topological polar surface area (TPSA) is 63.7 Å². The van der Waals surface area contributed by atoms with E-state index in [0.717, 1.165) is 53.6 Å². The third kappa shape index (κ3) is 5.32. The van der Waals surface area contributed by atoms with Crippen molar-refractivity contribution in [2.24, 2.45) is 0 Å². The van der Waals surface area contributed by atoms with Crippen LogP contribution in [0.2, 0.25) is 0 Å². The Balaban J connectivity index is 1.16. The summed E-state index contributed by atoms with van der Waals surface area (Å²) in [5.74, 6) is 1.81. The van der Waals surface area contributed by atoms with Gasteiger partial charge in [-0.3, -0.25) is 9.69 Å². The highest BCUT2D eigenvalue weighted by molar-refractivity contribution is 5.91. The molecular weight excluding hydrogens is 464 g/mol. The highest BCUT2D eigenvalue weighted by Gasteiger charge is 2.26. The average molecular weight is 499 g/mol. The van der Waals surface area contributed by atoms with Crippen molar-refractivity contribution in [2.75, 3.05) is 26.2 Å². The van der Waals surface area contributed by atoms with E-state index < -0.39 is 0 Å². The van der Waals surface area contributed by atoms with Gasteiger partial charge in [-0.2, -0.15) is 5.10 Å². The molecule has 0 saturated carbocycles. The van der Waals surface area contributed by atoms with Crippen molar-refractivity contribution in [2.45, 2.75) is 40.8 Å². The molecule has 5 rings (SSSR count). The lowest BCUT2D eigenvalue weighted by atomic mass is 10.1. The van der Waals surface area contributed by atoms with Gasteiger partial charge in [0, 0.05) is 44.0 Å². The molecular formula is C30H34N4O3. The van der Waals surface area contributed by atoms with Crippen molar-refractivity contribution in [3.63, 3.8) is 0 Å².